The van der Waals surface area contributed by atoms with Gasteiger partial charge in [0.05, 0.1) is 0 Å². The number of carbonyl (C=O) groups excluding carboxylic acids is 1. The zero-order chi connectivity index (χ0) is 32.5. The molecule has 1 N–H and O–H groups in total. The minimum absolute atomic E-state index is 0.0638. The fourth-order valence-electron chi connectivity index (χ4n) is 5.35. The summed E-state index contributed by atoms with van der Waals surface area (Å²) < 4.78 is 24.4. The summed E-state index contributed by atoms with van der Waals surface area (Å²) in [6.45, 7) is 1.17. The summed E-state index contributed by atoms with van der Waals surface area (Å²) in [6.07, 6.45) is -2.55. The number of rotatable bonds is 12. The highest BCUT2D eigenvalue weighted by Crippen LogP contribution is 2.40. The fourth-order valence-corrected chi connectivity index (χ4v) is 5.98. The maximum absolute atomic E-state index is 13.9. The van der Waals surface area contributed by atoms with Crippen LogP contribution >= 0.6 is 11.5 Å². The Morgan fingerprint density at radius 3 is 1.57 bits per heavy atom. The number of carbonyl (C=O) groups is 1. The molecule has 1 heterocycles. The normalized spacial score (nSPS) is 12.4. The van der Waals surface area contributed by atoms with Crippen LogP contribution in [-0.2, 0) is 19.9 Å². The molecule has 0 amide bonds. The number of benzene rings is 5. The highest BCUT2D eigenvalue weighted by molar-refractivity contribution is 7.09. The maximum atomic E-state index is 13.9. The number of halogens is 1. The van der Waals surface area contributed by atoms with Crippen molar-refractivity contribution in [1.82, 2.24) is 9.36 Å². The van der Waals surface area contributed by atoms with Crippen LogP contribution in [-0.4, -0.2) is 27.4 Å². The third-order valence-corrected chi connectivity index (χ3v) is 8.10. The summed E-state index contributed by atoms with van der Waals surface area (Å²) in [4.78, 5) is 23.4. The largest absolute Gasteiger partial charge is 0.448 e. The maximum Gasteiger partial charge on any atom is 0.365 e. The van der Waals surface area contributed by atoms with Gasteiger partial charge in [-0.25, -0.2) is 4.79 Å². The van der Waals surface area contributed by atoms with Gasteiger partial charge in [-0.2, -0.15) is 13.7 Å². The molecule has 0 spiro atoms. The molecule has 0 aliphatic heterocycles. The van der Waals surface area contributed by atoms with Crippen molar-refractivity contribution >= 4 is 28.3 Å². The highest BCUT2D eigenvalue weighted by atomic mass is 32.1. The zero-order valence-electron chi connectivity index (χ0n) is 25.4. The lowest BCUT2D eigenvalue weighted by molar-refractivity contribution is -0.139. The van der Waals surface area contributed by atoms with Crippen molar-refractivity contribution < 1.29 is 18.8 Å². The SMILES string of the molecule is CC(F)ON=C(C(=O)OC(c1ccccc1)c1ccccc1)c1nsc(NC(c2ccccc2)(c2ccccc2)c2ccccc2)n1. The molecule has 47 heavy (non-hydrogen) atoms. The van der Waals surface area contributed by atoms with Gasteiger partial charge in [-0.3, -0.25) is 0 Å². The summed E-state index contributed by atoms with van der Waals surface area (Å²) in [7, 11) is 0. The minimum atomic E-state index is -1.78. The lowest BCUT2D eigenvalue weighted by Crippen LogP contribution is -2.38. The summed E-state index contributed by atoms with van der Waals surface area (Å²) >= 11 is 1.04. The first-order valence-corrected chi connectivity index (χ1v) is 15.8. The molecule has 9 heteroatoms. The predicted molar refractivity (Wildman–Crippen MR) is 182 cm³/mol. The molecule has 0 saturated carbocycles. The second kappa shape index (κ2) is 14.6. The summed E-state index contributed by atoms with van der Waals surface area (Å²) in [5.41, 5.74) is 3.15. The van der Waals surface area contributed by atoms with E-state index in [1.54, 1.807) is 0 Å². The molecule has 7 nitrogen and oxygen atoms in total. The molecular weight excluding hydrogens is 612 g/mol. The van der Waals surface area contributed by atoms with Gasteiger partial charge < -0.3 is 14.9 Å². The third kappa shape index (κ3) is 7.10. The van der Waals surface area contributed by atoms with Gasteiger partial charge in [0.1, 0.15) is 5.54 Å². The van der Waals surface area contributed by atoms with E-state index in [1.807, 2.05) is 152 Å². The van der Waals surface area contributed by atoms with Crippen LogP contribution in [0.15, 0.2) is 157 Å². The van der Waals surface area contributed by atoms with Gasteiger partial charge in [0.15, 0.2) is 6.10 Å². The molecule has 0 saturated heterocycles. The van der Waals surface area contributed by atoms with Gasteiger partial charge in [0, 0.05) is 18.5 Å². The Kier molecular flexibility index (Phi) is 9.74. The lowest BCUT2D eigenvalue weighted by atomic mass is 9.77. The Labute approximate surface area is 276 Å². The number of esters is 1. The van der Waals surface area contributed by atoms with Crippen molar-refractivity contribution in [2.24, 2.45) is 5.16 Å². The van der Waals surface area contributed by atoms with Gasteiger partial charge in [0.25, 0.3) is 6.36 Å². The number of nitrogens with one attached hydrogen (secondary N) is 1. The number of alkyl halides is 1. The Morgan fingerprint density at radius 2 is 1.15 bits per heavy atom. The molecule has 0 bridgehead atoms. The smallest absolute Gasteiger partial charge is 0.365 e. The molecular formula is C38H31FN4O3S. The number of hydrogen-bond acceptors (Lipinski definition) is 8. The van der Waals surface area contributed by atoms with Crippen LogP contribution in [0.5, 0.6) is 0 Å². The van der Waals surface area contributed by atoms with Crippen molar-refractivity contribution in [1.29, 1.82) is 0 Å². The molecule has 0 fully saturated rings. The number of nitrogens with zero attached hydrogens (tertiary/aromatic N) is 3. The molecule has 1 atom stereocenters. The van der Waals surface area contributed by atoms with Gasteiger partial charge in [0.2, 0.25) is 16.7 Å². The number of hydrogen-bond donors (Lipinski definition) is 1. The van der Waals surface area contributed by atoms with E-state index in [1.165, 1.54) is 6.92 Å². The van der Waals surface area contributed by atoms with E-state index in [0.29, 0.717) is 5.13 Å². The van der Waals surface area contributed by atoms with Crippen LogP contribution < -0.4 is 5.32 Å². The van der Waals surface area contributed by atoms with Crippen LogP contribution in [0.2, 0.25) is 0 Å². The van der Waals surface area contributed by atoms with E-state index in [2.05, 4.69) is 19.8 Å². The van der Waals surface area contributed by atoms with E-state index in [0.717, 1.165) is 39.3 Å². The summed E-state index contributed by atoms with van der Waals surface area (Å²) in [6, 6.07) is 48.7. The van der Waals surface area contributed by atoms with E-state index in [4.69, 9.17) is 9.57 Å². The topological polar surface area (TPSA) is 85.7 Å². The number of ether oxygens (including phenoxy) is 1. The standard InChI is InChI=1S/C38H31FN4O3S/c1-27(39)46-42-33(36(44)45-34(28-17-7-2-8-18-28)29-19-9-3-10-20-29)35-40-37(47-43-35)41-38(30-21-11-4-12-22-30,31-23-13-5-14-24-31)32-25-15-6-16-26-32/h2-27,34H,1H3,(H,40,41,43). The Morgan fingerprint density at radius 1 is 0.723 bits per heavy atom. The lowest BCUT2D eigenvalue weighted by Gasteiger charge is -2.36. The van der Waals surface area contributed by atoms with Crippen LogP contribution in [0.4, 0.5) is 9.52 Å². The summed E-state index contributed by atoms with van der Waals surface area (Å²) in [5, 5.41) is 7.87. The Balaban J connectivity index is 1.39. The molecule has 0 aliphatic carbocycles. The Hall–Kier alpha value is -5.67. The second-order valence-electron chi connectivity index (χ2n) is 10.6. The van der Waals surface area contributed by atoms with Gasteiger partial charge in [-0.1, -0.05) is 157 Å². The first-order valence-electron chi connectivity index (χ1n) is 15.0. The molecule has 5 aromatic carbocycles. The van der Waals surface area contributed by atoms with E-state index < -0.39 is 24.0 Å². The predicted octanol–water partition coefficient (Wildman–Crippen LogP) is 8.31. The van der Waals surface area contributed by atoms with E-state index >= 15 is 0 Å². The fraction of sp³-hybridized carbons (Fsp3) is 0.105. The van der Waals surface area contributed by atoms with Crippen molar-refractivity contribution in [2.45, 2.75) is 24.9 Å². The Bertz CT molecular complexity index is 1770. The average molecular weight is 643 g/mol. The summed E-state index contributed by atoms with van der Waals surface area (Å²) in [5.74, 6) is -0.931. The van der Waals surface area contributed by atoms with Gasteiger partial charge in [-0.15, -0.1) is 0 Å². The number of oxime groups is 1. The van der Waals surface area contributed by atoms with Crippen LogP contribution in [0.25, 0.3) is 0 Å². The molecule has 6 rings (SSSR count). The molecule has 0 aliphatic rings. The quantitative estimate of drug-likeness (QED) is 0.0626. The molecule has 1 aromatic heterocycles. The van der Waals surface area contributed by atoms with E-state index in [9.17, 15) is 9.18 Å². The van der Waals surface area contributed by atoms with Crippen molar-refractivity contribution in [2.75, 3.05) is 5.32 Å². The van der Waals surface area contributed by atoms with E-state index in [-0.39, 0.29) is 11.5 Å². The van der Waals surface area contributed by atoms with Crippen LogP contribution in [0, 0.1) is 0 Å². The number of anilines is 1. The van der Waals surface area contributed by atoms with Gasteiger partial charge in [-0.05, 0) is 27.8 Å². The minimum Gasteiger partial charge on any atom is -0.448 e. The molecule has 0 radical (unpaired) electrons. The first kappa shape index (κ1) is 31.3. The molecule has 1 unspecified atom stereocenters. The monoisotopic (exact) mass is 642 g/mol. The van der Waals surface area contributed by atoms with Crippen molar-refractivity contribution in [3.8, 4) is 0 Å². The highest BCUT2D eigenvalue weighted by Gasteiger charge is 2.38. The third-order valence-electron chi connectivity index (χ3n) is 7.46. The van der Waals surface area contributed by atoms with Crippen molar-refractivity contribution in [3.05, 3.63) is 185 Å². The van der Waals surface area contributed by atoms with Crippen LogP contribution in [0.1, 0.15) is 46.7 Å². The van der Waals surface area contributed by atoms with Gasteiger partial charge >= 0.3 is 5.97 Å². The van der Waals surface area contributed by atoms with Crippen LogP contribution in [0.3, 0.4) is 0 Å². The molecule has 234 valence electrons. The molecule has 6 aromatic rings. The zero-order valence-corrected chi connectivity index (χ0v) is 26.3. The second-order valence-corrected chi connectivity index (χ2v) is 11.3. The van der Waals surface area contributed by atoms with Crippen molar-refractivity contribution in [3.63, 3.8) is 0 Å². The number of aromatic nitrogens is 2. The average Bonchev–Trinajstić information content (AvgIpc) is 3.59. The first-order chi connectivity index (χ1) is 23.0.